The van der Waals surface area contributed by atoms with Crippen LogP contribution in [0.25, 0.3) is 0 Å². The van der Waals surface area contributed by atoms with Gasteiger partial charge in [-0.05, 0) is 18.2 Å². The Bertz CT molecular complexity index is 428. The average Bonchev–Trinajstić information content (AvgIpc) is 2.19. The van der Waals surface area contributed by atoms with E-state index in [2.05, 4.69) is 4.74 Å². The monoisotopic (exact) mass is 252 g/mol. The minimum absolute atomic E-state index is 0.428. The molecular formula is C10H8F4O3. The van der Waals surface area contributed by atoms with E-state index in [4.69, 9.17) is 5.11 Å². The molecule has 0 aromatic heterocycles. The molecule has 0 aliphatic rings. The van der Waals surface area contributed by atoms with Crippen LogP contribution in [0.3, 0.4) is 0 Å². The molecule has 0 spiro atoms. The lowest BCUT2D eigenvalue weighted by Gasteiger charge is -2.14. The van der Waals surface area contributed by atoms with Crippen LogP contribution < -0.4 is 0 Å². The first-order chi connectivity index (χ1) is 7.77. The second-order valence-corrected chi connectivity index (χ2v) is 3.19. The zero-order valence-corrected chi connectivity index (χ0v) is 8.58. The fourth-order valence-corrected chi connectivity index (χ4v) is 1.28. The molecule has 0 fully saturated rings. The van der Waals surface area contributed by atoms with Crippen molar-refractivity contribution in [2.24, 2.45) is 0 Å². The number of rotatable bonds is 3. The lowest BCUT2D eigenvalue weighted by Crippen LogP contribution is -2.16. The summed E-state index contributed by atoms with van der Waals surface area (Å²) in [6.45, 7) is 0. The molecule has 0 aliphatic carbocycles. The summed E-state index contributed by atoms with van der Waals surface area (Å²) in [6, 6.07) is 1.53. The first-order valence-corrected chi connectivity index (χ1v) is 4.39. The van der Waals surface area contributed by atoms with Crippen molar-refractivity contribution >= 4 is 5.97 Å². The quantitative estimate of drug-likeness (QED) is 0.841. The predicted molar refractivity (Wildman–Crippen MR) is 48.8 cm³/mol. The van der Waals surface area contributed by atoms with E-state index < -0.39 is 35.2 Å². The predicted octanol–water partition coefficient (Wildman–Crippen LogP) is 2.62. The zero-order chi connectivity index (χ0) is 13.2. The molecule has 0 bridgehead atoms. The molecule has 1 N–H and O–H groups in total. The minimum atomic E-state index is -4.67. The summed E-state index contributed by atoms with van der Waals surface area (Å²) in [4.78, 5) is 10.7. The number of carboxylic acids is 1. The molecule has 0 amide bonds. The number of aliphatic carboxylic acids is 1. The fourth-order valence-electron chi connectivity index (χ4n) is 1.28. The second kappa shape index (κ2) is 4.70. The normalized spacial score (nSPS) is 13.5. The highest BCUT2D eigenvalue weighted by molar-refractivity contribution is 5.74. The summed E-state index contributed by atoms with van der Waals surface area (Å²) in [5.41, 5.74) is -1.79. The summed E-state index contributed by atoms with van der Waals surface area (Å²) >= 11 is 0. The van der Waals surface area contributed by atoms with Crippen LogP contribution in [0.1, 0.15) is 17.2 Å². The highest BCUT2D eigenvalue weighted by atomic mass is 19.4. The van der Waals surface area contributed by atoms with Gasteiger partial charge in [0, 0.05) is 12.7 Å². The Morgan fingerprint density at radius 3 is 2.41 bits per heavy atom. The van der Waals surface area contributed by atoms with Crippen molar-refractivity contribution in [3.05, 3.63) is 35.1 Å². The van der Waals surface area contributed by atoms with Crippen LogP contribution in [0, 0.1) is 5.82 Å². The van der Waals surface area contributed by atoms with Gasteiger partial charge < -0.3 is 9.84 Å². The Hall–Kier alpha value is -1.63. The minimum Gasteiger partial charge on any atom is -0.479 e. The number of methoxy groups -OCH3 is 1. The standard InChI is InChI=1S/C10H8F4O3/c1-17-8(9(15)16)6-4-5(10(12,13)14)2-3-7(6)11/h2-4,8H,1H3,(H,15,16). The van der Waals surface area contributed by atoms with Gasteiger partial charge in [0.1, 0.15) is 5.82 Å². The summed E-state index contributed by atoms with van der Waals surface area (Å²) < 4.78 is 54.8. The molecule has 1 rings (SSSR count). The molecule has 0 saturated heterocycles. The maximum absolute atomic E-state index is 13.2. The lowest BCUT2D eigenvalue weighted by atomic mass is 10.0. The van der Waals surface area contributed by atoms with E-state index in [1.54, 1.807) is 0 Å². The van der Waals surface area contributed by atoms with Crippen molar-refractivity contribution in [3.8, 4) is 0 Å². The molecule has 3 nitrogen and oxygen atoms in total. The van der Waals surface area contributed by atoms with Crippen LogP contribution in [0.15, 0.2) is 18.2 Å². The molecule has 1 aromatic rings. The highest BCUT2D eigenvalue weighted by Gasteiger charge is 2.33. The van der Waals surface area contributed by atoms with Crippen molar-refractivity contribution < 1.29 is 32.2 Å². The van der Waals surface area contributed by atoms with E-state index in [-0.39, 0.29) is 0 Å². The molecule has 94 valence electrons. The Balaban J connectivity index is 3.28. The third-order valence-corrected chi connectivity index (χ3v) is 2.07. The SMILES string of the molecule is COC(C(=O)O)c1cc(C(F)(F)F)ccc1F. The number of benzene rings is 1. The van der Waals surface area contributed by atoms with Crippen molar-refractivity contribution in [1.82, 2.24) is 0 Å². The Kier molecular flexibility index (Phi) is 3.72. The van der Waals surface area contributed by atoms with Gasteiger partial charge in [-0.25, -0.2) is 9.18 Å². The zero-order valence-electron chi connectivity index (χ0n) is 8.58. The molecule has 0 aliphatic heterocycles. The van der Waals surface area contributed by atoms with E-state index in [1.165, 1.54) is 0 Å². The van der Waals surface area contributed by atoms with E-state index in [0.29, 0.717) is 18.2 Å². The van der Waals surface area contributed by atoms with Crippen molar-refractivity contribution in [2.75, 3.05) is 7.11 Å². The number of carbonyl (C=O) groups is 1. The number of hydrogen-bond donors (Lipinski definition) is 1. The van der Waals surface area contributed by atoms with Crippen LogP contribution in [-0.4, -0.2) is 18.2 Å². The summed E-state index contributed by atoms with van der Waals surface area (Å²) in [5, 5.41) is 8.67. The fraction of sp³-hybridized carbons (Fsp3) is 0.300. The molecule has 0 radical (unpaired) electrons. The maximum Gasteiger partial charge on any atom is 0.416 e. The number of alkyl halides is 3. The first kappa shape index (κ1) is 13.4. The van der Waals surface area contributed by atoms with E-state index in [1.807, 2.05) is 0 Å². The van der Waals surface area contributed by atoms with Crippen molar-refractivity contribution in [3.63, 3.8) is 0 Å². The summed E-state index contributed by atoms with van der Waals surface area (Å²) in [6.07, 6.45) is -6.43. The van der Waals surface area contributed by atoms with Gasteiger partial charge in [-0.2, -0.15) is 13.2 Å². The first-order valence-electron chi connectivity index (χ1n) is 4.39. The molecule has 7 heteroatoms. The Morgan fingerprint density at radius 2 is 2.00 bits per heavy atom. The molecule has 1 unspecified atom stereocenters. The largest absolute Gasteiger partial charge is 0.479 e. The maximum atomic E-state index is 13.2. The topological polar surface area (TPSA) is 46.5 Å². The van der Waals surface area contributed by atoms with E-state index >= 15 is 0 Å². The van der Waals surface area contributed by atoms with Crippen molar-refractivity contribution in [1.29, 1.82) is 0 Å². The Labute approximate surface area is 93.6 Å². The highest BCUT2D eigenvalue weighted by Crippen LogP contribution is 2.32. The van der Waals surface area contributed by atoms with Crippen LogP contribution in [0.5, 0.6) is 0 Å². The van der Waals surface area contributed by atoms with Crippen LogP contribution in [-0.2, 0) is 15.7 Å². The second-order valence-electron chi connectivity index (χ2n) is 3.19. The van der Waals surface area contributed by atoms with Gasteiger partial charge in [-0.1, -0.05) is 0 Å². The smallest absolute Gasteiger partial charge is 0.416 e. The average molecular weight is 252 g/mol. The lowest BCUT2D eigenvalue weighted by molar-refractivity contribution is -0.149. The van der Waals surface area contributed by atoms with Gasteiger partial charge in [-0.15, -0.1) is 0 Å². The van der Waals surface area contributed by atoms with E-state index in [9.17, 15) is 22.4 Å². The number of carboxylic acid groups (broad SMARTS) is 1. The third-order valence-electron chi connectivity index (χ3n) is 2.07. The third kappa shape index (κ3) is 2.94. The summed E-state index contributed by atoms with van der Waals surface area (Å²) in [5.74, 6) is -2.63. The molecule has 1 atom stereocenters. The molecule has 1 aromatic carbocycles. The number of ether oxygens (including phenoxy) is 1. The van der Waals surface area contributed by atoms with Gasteiger partial charge in [0.2, 0.25) is 0 Å². The van der Waals surface area contributed by atoms with Gasteiger partial charge in [0.25, 0.3) is 0 Å². The number of halogens is 4. The van der Waals surface area contributed by atoms with Crippen molar-refractivity contribution in [2.45, 2.75) is 12.3 Å². The molecule has 0 heterocycles. The van der Waals surface area contributed by atoms with Gasteiger partial charge in [-0.3, -0.25) is 0 Å². The molecule has 0 saturated carbocycles. The van der Waals surface area contributed by atoms with Gasteiger partial charge in [0.15, 0.2) is 6.10 Å². The van der Waals surface area contributed by atoms with Crippen LogP contribution in [0.2, 0.25) is 0 Å². The van der Waals surface area contributed by atoms with Crippen LogP contribution >= 0.6 is 0 Å². The number of hydrogen-bond acceptors (Lipinski definition) is 2. The molecule has 17 heavy (non-hydrogen) atoms. The molecular weight excluding hydrogens is 244 g/mol. The summed E-state index contributed by atoms with van der Waals surface area (Å²) in [7, 11) is 0.971. The van der Waals surface area contributed by atoms with Gasteiger partial charge >= 0.3 is 12.1 Å². The van der Waals surface area contributed by atoms with Crippen LogP contribution in [0.4, 0.5) is 17.6 Å². The van der Waals surface area contributed by atoms with Gasteiger partial charge in [0.05, 0.1) is 5.56 Å². The Morgan fingerprint density at radius 1 is 1.41 bits per heavy atom. The van der Waals surface area contributed by atoms with E-state index in [0.717, 1.165) is 7.11 Å².